The van der Waals surface area contributed by atoms with Crippen molar-refractivity contribution in [2.24, 2.45) is 0 Å². The zero-order chi connectivity index (χ0) is 17.0. The molecule has 1 heterocycles. The molecule has 1 aromatic carbocycles. The first-order valence-electron chi connectivity index (χ1n) is 7.41. The molecule has 0 aliphatic carbocycles. The fraction of sp³-hybridized carbons (Fsp3) is 0.278. The summed E-state index contributed by atoms with van der Waals surface area (Å²) in [7, 11) is 0. The maximum absolute atomic E-state index is 12.3. The van der Waals surface area contributed by atoms with Crippen LogP contribution in [0.5, 0.6) is 0 Å². The van der Waals surface area contributed by atoms with Crippen LogP contribution < -0.4 is 10.6 Å². The molecule has 23 heavy (non-hydrogen) atoms. The molecule has 0 radical (unpaired) electrons. The number of pyridine rings is 1. The van der Waals surface area contributed by atoms with Gasteiger partial charge in [0.1, 0.15) is 5.69 Å². The van der Waals surface area contributed by atoms with Crippen molar-refractivity contribution in [3.05, 3.63) is 59.4 Å². The van der Waals surface area contributed by atoms with E-state index in [2.05, 4.69) is 15.6 Å². The van der Waals surface area contributed by atoms with E-state index in [0.29, 0.717) is 11.3 Å². The van der Waals surface area contributed by atoms with Crippen molar-refractivity contribution in [3.63, 3.8) is 0 Å². The third-order valence-electron chi connectivity index (χ3n) is 3.05. The summed E-state index contributed by atoms with van der Waals surface area (Å²) < 4.78 is 0. The lowest BCUT2D eigenvalue weighted by Gasteiger charge is -2.20. The van der Waals surface area contributed by atoms with E-state index in [4.69, 9.17) is 0 Å². The maximum Gasteiger partial charge on any atom is 0.274 e. The van der Waals surface area contributed by atoms with Gasteiger partial charge in [0.2, 0.25) is 0 Å². The number of carbonyl (C=O) groups is 2. The normalized spacial score (nSPS) is 11.0. The third kappa shape index (κ3) is 4.92. The van der Waals surface area contributed by atoms with Crippen molar-refractivity contribution in [2.75, 3.05) is 5.32 Å². The summed E-state index contributed by atoms with van der Waals surface area (Å²) in [5.74, 6) is -0.580. The van der Waals surface area contributed by atoms with E-state index >= 15 is 0 Å². The van der Waals surface area contributed by atoms with Crippen molar-refractivity contribution < 1.29 is 9.59 Å². The smallest absolute Gasteiger partial charge is 0.274 e. The van der Waals surface area contributed by atoms with Gasteiger partial charge in [-0.2, -0.15) is 0 Å². The molecule has 2 N–H and O–H groups in total. The van der Waals surface area contributed by atoms with Gasteiger partial charge in [-0.15, -0.1) is 0 Å². The molecule has 0 fully saturated rings. The number of hydrogen-bond donors (Lipinski definition) is 2. The van der Waals surface area contributed by atoms with Crippen LogP contribution in [-0.2, 0) is 0 Å². The van der Waals surface area contributed by atoms with Gasteiger partial charge in [0.25, 0.3) is 11.8 Å². The first-order chi connectivity index (χ1) is 10.7. The Hall–Kier alpha value is -2.69. The number of anilines is 1. The molecule has 0 spiro atoms. The second-order valence-corrected chi connectivity index (χ2v) is 6.45. The van der Waals surface area contributed by atoms with E-state index in [1.54, 1.807) is 6.07 Å². The fourth-order valence-corrected chi connectivity index (χ4v) is 1.94. The van der Waals surface area contributed by atoms with Gasteiger partial charge in [-0.05, 0) is 52.0 Å². The summed E-state index contributed by atoms with van der Waals surface area (Å²) in [6.07, 6.45) is 1.46. The lowest BCUT2D eigenvalue weighted by Crippen LogP contribution is -2.40. The number of hydrogen-bond acceptors (Lipinski definition) is 3. The highest BCUT2D eigenvalue weighted by Gasteiger charge is 2.17. The van der Waals surface area contributed by atoms with Crippen LogP contribution in [0.1, 0.15) is 47.2 Å². The van der Waals surface area contributed by atoms with E-state index < -0.39 is 0 Å². The zero-order valence-electron chi connectivity index (χ0n) is 13.8. The van der Waals surface area contributed by atoms with E-state index in [1.807, 2.05) is 52.0 Å². The van der Waals surface area contributed by atoms with Gasteiger partial charge >= 0.3 is 0 Å². The Morgan fingerprint density at radius 2 is 1.65 bits per heavy atom. The number of amides is 2. The highest BCUT2D eigenvalue weighted by molar-refractivity contribution is 6.04. The number of aromatic nitrogens is 1. The molecule has 2 rings (SSSR count). The minimum atomic E-state index is -0.348. The van der Waals surface area contributed by atoms with Crippen LogP contribution in [0.2, 0.25) is 0 Å². The average molecular weight is 311 g/mol. The molecule has 2 aromatic rings. The fourth-order valence-electron chi connectivity index (χ4n) is 1.94. The van der Waals surface area contributed by atoms with Gasteiger partial charge in [0, 0.05) is 23.0 Å². The van der Waals surface area contributed by atoms with Crippen molar-refractivity contribution in [2.45, 2.75) is 33.2 Å². The highest BCUT2D eigenvalue weighted by atomic mass is 16.2. The molecule has 120 valence electrons. The van der Waals surface area contributed by atoms with Gasteiger partial charge in [-0.25, -0.2) is 0 Å². The predicted octanol–water partition coefficient (Wildman–Crippen LogP) is 3.17. The second kappa shape index (κ2) is 6.60. The molecule has 0 atom stereocenters. The number of aryl methyl sites for hydroxylation is 1. The average Bonchev–Trinajstić information content (AvgIpc) is 2.48. The van der Waals surface area contributed by atoms with Gasteiger partial charge in [-0.1, -0.05) is 17.7 Å². The molecule has 0 saturated heterocycles. The van der Waals surface area contributed by atoms with E-state index in [1.165, 1.54) is 12.3 Å². The molecular weight excluding hydrogens is 290 g/mol. The number of nitrogens with one attached hydrogen (secondary N) is 2. The minimum absolute atomic E-state index is 0.201. The molecule has 1 aromatic heterocycles. The molecule has 2 amide bonds. The Bertz CT molecular complexity index is 716. The highest BCUT2D eigenvalue weighted by Crippen LogP contribution is 2.11. The van der Waals surface area contributed by atoms with Gasteiger partial charge in [-0.3, -0.25) is 14.6 Å². The van der Waals surface area contributed by atoms with Crippen LogP contribution in [0.25, 0.3) is 0 Å². The van der Waals surface area contributed by atoms with Crippen LogP contribution in [0.4, 0.5) is 5.69 Å². The molecule has 5 heteroatoms. The van der Waals surface area contributed by atoms with Gasteiger partial charge in [0.15, 0.2) is 0 Å². The Labute approximate surface area is 136 Å². The lowest BCUT2D eigenvalue weighted by atomic mass is 10.1. The summed E-state index contributed by atoms with van der Waals surface area (Å²) in [6, 6.07) is 10.5. The number of benzene rings is 1. The minimum Gasteiger partial charge on any atom is -0.347 e. The summed E-state index contributed by atoms with van der Waals surface area (Å²) in [5, 5.41) is 5.63. The molecule has 0 aliphatic heterocycles. The Balaban J connectivity index is 2.14. The molecule has 0 bridgehead atoms. The Morgan fingerprint density at radius 1 is 1.00 bits per heavy atom. The monoisotopic (exact) mass is 311 g/mol. The summed E-state index contributed by atoms with van der Waals surface area (Å²) in [6.45, 7) is 7.68. The maximum atomic E-state index is 12.3. The van der Waals surface area contributed by atoms with Crippen molar-refractivity contribution in [1.29, 1.82) is 0 Å². The van der Waals surface area contributed by atoms with Crippen molar-refractivity contribution >= 4 is 17.5 Å². The van der Waals surface area contributed by atoms with Gasteiger partial charge < -0.3 is 10.6 Å². The Morgan fingerprint density at radius 3 is 2.26 bits per heavy atom. The summed E-state index contributed by atoms with van der Waals surface area (Å²) in [5.41, 5.74) is 2.06. The topological polar surface area (TPSA) is 71.1 Å². The largest absolute Gasteiger partial charge is 0.347 e. The lowest BCUT2D eigenvalue weighted by molar-refractivity contribution is 0.0919. The van der Waals surface area contributed by atoms with Crippen LogP contribution in [0, 0.1) is 6.92 Å². The number of rotatable bonds is 3. The first-order valence-corrected chi connectivity index (χ1v) is 7.41. The number of carbonyl (C=O) groups excluding carboxylic acids is 2. The van der Waals surface area contributed by atoms with E-state index in [-0.39, 0.29) is 23.0 Å². The van der Waals surface area contributed by atoms with E-state index in [0.717, 1.165) is 5.56 Å². The van der Waals surface area contributed by atoms with Crippen molar-refractivity contribution in [1.82, 2.24) is 10.3 Å². The van der Waals surface area contributed by atoms with Crippen LogP contribution in [0.15, 0.2) is 42.6 Å². The van der Waals surface area contributed by atoms with Gasteiger partial charge in [0.05, 0.1) is 0 Å². The van der Waals surface area contributed by atoms with E-state index in [9.17, 15) is 9.59 Å². The van der Waals surface area contributed by atoms with Crippen LogP contribution in [0.3, 0.4) is 0 Å². The molecule has 5 nitrogen and oxygen atoms in total. The summed E-state index contributed by atoms with van der Waals surface area (Å²) in [4.78, 5) is 28.5. The third-order valence-corrected chi connectivity index (χ3v) is 3.05. The first kappa shape index (κ1) is 16.7. The zero-order valence-corrected chi connectivity index (χ0v) is 13.8. The number of nitrogens with zero attached hydrogens (tertiary/aromatic N) is 1. The summed E-state index contributed by atoms with van der Waals surface area (Å²) >= 11 is 0. The molecule has 0 saturated carbocycles. The second-order valence-electron chi connectivity index (χ2n) is 6.45. The molecule has 0 unspecified atom stereocenters. The van der Waals surface area contributed by atoms with Crippen LogP contribution >= 0.6 is 0 Å². The van der Waals surface area contributed by atoms with Crippen molar-refractivity contribution in [3.8, 4) is 0 Å². The Kier molecular flexibility index (Phi) is 4.79. The standard InChI is InChI=1S/C18H21N3O2/c1-12-5-7-14(8-6-12)20-17(23)15-11-13(9-10-19-15)16(22)21-18(2,3)4/h5-11H,1-4H3,(H,20,23)(H,21,22). The quantitative estimate of drug-likeness (QED) is 0.914. The van der Waals surface area contributed by atoms with Crippen LogP contribution in [-0.4, -0.2) is 22.3 Å². The molecular formula is C18H21N3O2. The SMILES string of the molecule is Cc1ccc(NC(=O)c2cc(C(=O)NC(C)(C)C)ccn2)cc1. The predicted molar refractivity (Wildman–Crippen MR) is 90.6 cm³/mol. The molecule has 0 aliphatic rings.